The minimum absolute atomic E-state index is 0.0920. The largest absolute Gasteiger partial charge is 0.389 e. The number of hydrogen-bond donors (Lipinski definition) is 1. The third-order valence-electron chi connectivity index (χ3n) is 2.06. The highest BCUT2D eigenvalue weighted by molar-refractivity contribution is 14.1. The van der Waals surface area contributed by atoms with Crippen molar-refractivity contribution in [3.8, 4) is 10.6 Å². The van der Waals surface area contributed by atoms with Crippen molar-refractivity contribution in [2.75, 3.05) is 5.73 Å². The number of rotatable bonds is 2. The van der Waals surface area contributed by atoms with Gasteiger partial charge in [-0.05, 0) is 34.7 Å². The van der Waals surface area contributed by atoms with Gasteiger partial charge in [-0.15, -0.1) is 0 Å². The first-order valence-electron chi connectivity index (χ1n) is 4.61. The van der Waals surface area contributed by atoms with Crippen LogP contribution in [0.1, 0.15) is 17.4 Å². The molecule has 0 fully saturated rings. The molecule has 1 aromatic heterocycles. The lowest BCUT2D eigenvalue weighted by atomic mass is 10.2. The van der Waals surface area contributed by atoms with E-state index in [1.165, 1.54) is 18.3 Å². The summed E-state index contributed by atoms with van der Waals surface area (Å²) in [5, 5.41) is 1.28. The number of halogens is 1. The van der Waals surface area contributed by atoms with Gasteiger partial charge in [0.15, 0.2) is 5.78 Å². The molecule has 1 aromatic carbocycles. The van der Waals surface area contributed by atoms with E-state index in [1.54, 1.807) is 0 Å². The Bertz CT molecular complexity index is 551. The Morgan fingerprint density at radius 3 is 2.81 bits per heavy atom. The molecule has 0 bridgehead atoms. The van der Waals surface area contributed by atoms with E-state index in [-0.39, 0.29) is 5.78 Å². The zero-order valence-electron chi connectivity index (χ0n) is 8.53. The minimum Gasteiger partial charge on any atom is -0.389 e. The van der Waals surface area contributed by atoms with Crippen molar-refractivity contribution in [2.45, 2.75) is 6.92 Å². The second kappa shape index (κ2) is 4.50. The highest BCUT2D eigenvalue weighted by Crippen LogP contribution is 2.30. The standard InChI is InChI=1S/C11H9IN2OS/c1-6(15)9-10(13)16-11(14-9)7-3-2-4-8(12)5-7/h2-5H,13H2,1H3. The highest BCUT2D eigenvalue weighted by Gasteiger charge is 2.13. The molecular weight excluding hydrogens is 335 g/mol. The Morgan fingerprint density at radius 2 is 2.25 bits per heavy atom. The van der Waals surface area contributed by atoms with Gasteiger partial charge in [-0.25, -0.2) is 4.98 Å². The predicted octanol–water partition coefficient (Wildman–Crippen LogP) is 3.20. The predicted molar refractivity (Wildman–Crippen MR) is 74.7 cm³/mol. The molecule has 3 nitrogen and oxygen atoms in total. The molecule has 0 radical (unpaired) electrons. The zero-order chi connectivity index (χ0) is 11.7. The summed E-state index contributed by atoms with van der Waals surface area (Å²) in [6, 6.07) is 7.95. The number of nitrogens with two attached hydrogens (primary N) is 1. The summed E-state index contributed by atoms with van der Waals surface area (Å²) < 4.78 is 1.13. The molecule has 0 spiro atoms. The Morgan fingerprint density at radius 1 is 1.50 bits per heavy atom. The van der Waals surface area contributed by atoms with Crippen LogP contribution in [0.5, 0.6) is 0 Å². The van der Waals surface area contributed by atoms with Gasteiger partial charge >= 0.3 is 0 Å². The van der Waals surface area contributed by atoms with Crippen molar-refractivity contribution < 1.29 is 4.79 Å². The second-order valence-electron chi connectivity index (χ2n) is 3.30. The van der Waals surface area contributed by atoms with Crippen LogP contribution in [0.15, 0.2) is 24.3 Å². The smallest absolute Gasteiger partial charge is 0.181 e. The van der Waals surface area contributed by atoms with Crippen LogP contribution < -0.4 is 5.73 Å². The molecule has 0 saturated heterocycles. The number of Topliss-reactive ketones (excluding diaryl/α,β-unsaturated/α-hetero) is 1. The second-order valence-corrected chi connectivity index (χ2v) is 5.57. The van der Waals surface area contributed by atoms with Crippen LogP contribution in [-0.2, 0) is 0 Å². The molecule has 0 atom stereocenters. The van der Waals surface area contributed by atoms with Crippen molar-refractivity contribution in [3.63, 3.8) is 0 Å². The molecule has 0 aliphatic rings. The zero-order valence-corrected chi connectivity index (χ0v) is 11.5. The number of anilines is 1. The number of aromatic nitrogens is 1. The first-order chi connectivity index (χ1) is 7.58. The van der Waals surface area contributed by atoms with Crippen LogP contribution in [0.4, 0.5) is 5.00 Å². The molecule has 0 saturated carbocycles. The van der Waals surface area contributed by atoms with Gasteiger partial charge in [-0.1, -0.05) is 23.5 Å². The summed E-state index contributed by atoms with van der Waals surface area (Å²) in [6.45, 7) is 1.48. The van der Waals surface area contributed by atoms with Crippen LogP contribution in [0.3, 0.4) is 0 Å². The van der Waals surface area contributed by atoms with Gasteiger partial charge in [0.25, 0.3) is 0 Å². The SMILES string of the molecule is CC(=O)c1nc(-c2cccc(I)c2)sc1N. The van der Waals surface area contributed by atoms with Gasteiger partial charge in [0.2, 0.25) is 0 Å². The molecule has 0 aliphatic carbocycles. The Hall–Kier alpha value is -0.950. The topological polar surface area (TPSA) is 56.0 Å². The number of benzene rings is 1. The van der Waals surface area contributed by atoms with E-state index in [2.05, 4.69) is 27.6 Å². The number of nitrogens with zero attached hydrogens (tertiary/aromatic N) is 1. The number of nitrogen functional groups attached to an aromatic ring is 1. The Labute approximate surface area is 111 Å². The third kappa shape index (κ3) is 2.25. The van der Waals surface area contributed by atoms with Gasteiger partial charge in [-0.3, -0.25) is 4.79 Å². The summed E-state index contributed by atoms with van der Waals surface area (Å²) >= 11 is 3.59. The van der Waals surface area contributed by atoms with Gasteiger partial charge in [0, 0.05) is 16.1 Å². The van der Waals surface area contributed by atoms with E-state index in [0.29, 0.717) is 10.7 Å². The van der Waals surface area contributed by atoms with Gasteiger partial charge in [0.05, 0.1) is 0 Å². The molecule has 16 heavy (non-hydrogen) atoms. The number of carbonyl (C=O) groups excluding carboxylic acids is 1. The summed E-state index contributed by atoms with van der Waals surface area (Å²) in [6.07, 6.45) is 0. The maximum Gasteiger partial charge on any atom is 0.181 e. The lowest BCUT2D eigenvalue weighted by Crippen LogP contribution is -1.96. The van der Waals surface area contributed by atoms with Crippen molar-refractivity contribution in [1.82, 2.24) is 4.98 Å². The maximum absolute atomic E-state index is 11.2. The van der Waals surface area contributed by atoms with Crippen molar-refractivity contribution in [1.29, 1.82) is 0 Å². The van der Waals surface area contributed by atoms with Crippen molar-refractivity contribution in [3.05, 3.63) is 33.5 Å². The fraction of sp³-hybridized carbons (Fsp3) is 0.0909. The van der Waals surface area contributed by atoms with Gasteiger partial charge < -0.3 is 5.73 Å². The molecule has 2 aromatic rings. The fourth-order valence-corrected chi connectivity index (χ4v) is 2.75. The minimum atomic E-state index is -0.0920. The highest BCUT2D eigenvalue weighted by atomic mass is 127. The number of ketones is 1. The van der Waals surface area contributed by atoms with Crippen LogP contribution in [0, 0.1) is 3.57 Å². The van der Waals surface area contributed by atoms with E-state index < -0.39 is 0 Å². The van der Waals surface area contributed by atoms with Crippen LogP contribution in [0.25, 0.3) is 10.6 Å². The normalized spacial score (nSPS) is 10.4. The van der Waals surface area contributed by atoms with E-state index in [4.69, 9.17) is 5.73 Å². The summed E-state index contributed by atoms with van der Waals surface area (Å²) in [4.78, 5) is 15.5. The molecule has 5 heteroatoms. The van der Waals surface area contributed by atoms with Gasteiger partial charge in [0.1, 0.15) is 15.7 Å². The van der Waals surface area contributed by atoms with E-state index >= 15 is 0 Å². The third-order valence-corrected chi connectivity index (χ3v) is 3.66. The fourth-order valence-electron chi connectivity index (χ4n) is 1.33. The number of carbonyl (C=O) groups is 1. The number of thiazole rings is 1. The monoisotopic (exact) mass is 344 g/mol. The number of hydrogen-bond acceptors (Lipinski definition) is 4. The van der Waals surface area contributed by atoms with E-state index in [9.17, 15) is 4.79 Å². The summed E-state index contributed by atoms with van der Waals surface area (Å²) in [5.41, 5.74) is 7.12. The van der Waals surface area contributed by atoms with Crippen LogP contribution >= 0.6 is 33.9 Å². The lowest BCUT2D eigenvalue weighted by Gasteiger charge is -1.95. The molecule has 0 unspecified atom stereocenters. The molecule has 1 heterocycles. The molecule has 2 N–H and O–H groups in total. The van der Waals surface area contributed by atoms with Crippen molar-refractivity contribution >= 4 is 44.7 Å². The van der Waals surface area contributed by atoms with E-state index in [0.717, 1.165) is 14.1 Å². The molecule has 2 rings (SSSR count). The molecule has 0 aliphatic heterocycles. The summed E-state index contributed by atoms with van der Waals surface area (Å²) in [5.74, 6) is -0.0920. The first-order valence-corrected chi connectivity index (χ1v) is 6.50. The molecular formula is C11H9IN2OS. The Kier molecular flexibility index (Phi) is 3.25. The average molecular weight is 344 g/mol. The lowest BCUT2D eigenvalue weighted by molar-refractivity contribution is 0.101. The quantitative estimate of drug-likeness (QED) is 0.672. The molecule has 0 amide bonds. The summed E-state index contributed by atoms with van der Waals surface area (Å²) in [7, 11) is 0. The van der Waals surface area contributed by atoms with Crippen LogP contribution in [0.2, 0.25) is 0 Å². The molecule has 82 valence electrons. The first kappa shape index (κ1) is 11.5. The van der Waals surface area contributed by atoms with Gasteiger partial charge in [-0.2, -0.15) is 0 Å². The maximum atomic E-state index is 11.2. The average Bonchev–Trinajstić information content (AvgIpc) is 2.60. The Balaban J connectivity index is 2.49. The van der Waals surface area contributed by atoms with Crippen molar-refractivity contribution in [2.24, 2.45) is 0 Å². The van der Waals surface area contributed by atoms with E-state index in [1.807, 2.05) is 24.3 Å². The van der Waals surface area contributed by atoms with Crippen LogP contribution in [-0.4, -0.2) is 10.8 Å².